The van der Waals surface area contributed by atoms with Crippen LogP contribution >= 0.6 is 0 Å². The summed E-state index contributed by atoms with van der Waals surface area (Å²) in [5.74, 6) is -7.70. The van der Waals surface area contributed by atoms with E-state index in [1.54, 1.807) is 27.7 Å². The Morgan fingerprint density at radius 1 is 0.615 bits per heavy atom. The van der Waals surface area contributed by atoms with Gasteiger partial charge in [-0.1, -0.05) is 39.8 Å². The molecular weight excluding hydrogens is 849 g/mol. The van der Waals surface area contributed by atoms with Gasteiger partial charge in [-0.2, -0.15) is 0 Å². The maximum Gasteiger partial charge on any atom is 0.326 e. The summed E-state index contributed by atoms with van der Waals surface area (Å²) in [6.45, 7) is 8.87. The van der Waals surface area contributed by atoms with Gasteiger partial charge in [0.25, 0.3) is 0 Å². The first-order valence-corrected chi connectivity index (χ1v) is 21.8. The summed E-state index contributed by atoms with van der Waals surface area (Å²) in [6, 6.07) is -3.70. The summed E-state index contributed by atoms with van der Waals surface area (Å²) >= 11 is 0. The van der Waals surface area contributed by atoms with Crippen LogP contribution in [0.15, 0.2) is 29.3 Å². The van der Waals surface area contributed by atoms with Crippen LogP contribution in [0.2, 0.25) is 0 Å². The van der Waals surface area contributed by atoms with Gasteiger partial charge in [-0.05, 0) is 94.4 Å². The number of phenolic OH excluding ortho intramolecular Hbond substituents is 1. The van der Waals surface area contributed by atoms with Gasteiger partial charge in [-0.15, -0.1) is 0 Å². The fourth-order valence-corrected chi connectivity index (χ4v) is 6.46. The molecule has 7 amide bonds. The van der Waals surface area contributed by atoms with E-state index >= 15 is 0 Å². The number of carbonyl (C=O) groups is 8. The topological polar surface area (TPSA) is 412 Å². The summed E-state index contributed by atoms with van der Waals surface area (Å²) in [7, 11) is 0. The molecule has 0 aliphatic heterocycles. The molecule has 1 aromatic carbocycles. The Labute approximate surface area is 379 Å². The van der Waals surface area contributed by atoms with E-state index in [9.17, 15) is 53.7 Å². The zero-order chi connectivity index (χ0) is 49.4. The number of hydrogen-bond acceptors (Lipinski definition) is 13. The first-order valence-electron chi connectivity index (χ1n) is 21.8. The third kappa shape index (κ3) is 22.9. The number of phenols is 1. The number of hydrogen-bond donors (Lipinski definition) is 14. The molecule has 65 heavy (non-hydrogen) atoms. The monoisotopic (exact) mass is 921 g/mol. The van der Waals surface area contributed by atoms with Gasteiger partial charge in [0.1, 0.15) is 42.0 Å². The molecule has 0 aliphatic carbocycles. The van der Waals surface area contributed by atoms with Crippen LogP contribution in [-0.2, 0) is 44.8 Å². The third-order valence-electron chi connectivity index (χ3n) is 9.93. The molecule has 19 N–H and O–H groups in total. The molecule has 0 aromatic heterocycles. The molecule has 23 heteroatoms. The first-order chi connectivity index (χ1) is 30.4. The molecule has 0 spiro atoms. The molecule has 8 atom stereocenters. The minimum absolute atomic E-state index is 0.0241. The Morgan fingerprint density at radius 2 is 1.11 bits per heavy atom. The molecule has 0 radical (unpaired) electrons. The van der Waals surface area contributed by atoms with Crippen LogP contribution in [-0.4, -0.2) is 130 Å². The number of nitrogens with two attached hydrogens (primary N) is 5. The number of amides is 7. The Balaban J connectivity index is 3.46. The van der Waals surface area contributed by atoms with Crippen LogP contribution < -0.4 is 60.6 Å². The highest BCUT2D eigenvalue weighted by Gasteiger charge is 2.35. The van der Waals surface area contributed by atoms with Crippen molar-refractivity contribution >= 4 is 53.3 Å². The lowest BCUT2D eigenvalue weighted by Gasteiger charge is -2.29. The van der Waals surface area contributed by atoms with E-state index in [1.165, 1.54) is 31.2 Å². The van der Waals surface area contributed by atoms with Crippen molar-refractivity contribution in [3.8, 4) is 5.75 Å². The lowest BCUT2D eigenvalue weighted by Crippen LogP contribution is -2.62. The molecule has 1 rings (SSSR count). The second kappa shape index (κ2) is 29.4. The third-order valence-corrected chi connectivity index (χ3v) is 9.93. The molecule has 0 bridgehead atoms. The molecule has 23 nitrogen and oxygen atoms in total. The van der Waals surface area contributed by atoms with Crippen LogP contribution in [0.4, 0.5) is 0 Å². The number of rotatable bonds is 31. The van der Waals surface area contributed by atoms with E-state index in [2.05, 4.69) is 36.9 Å². The van der Waals surface area contributed by atoms with Gasteiger partial charge in [-0.25, -0.2) is 4.79 Å². The number of aliphatic hydroxyl groups excluding tert-OH is 1. The number of guanidine groups is 1. The lowest BCUT2D eigenvalue weighted by atomic mass is 10.00. The number of carboxylic acids is 1. The van der Waals surface area contributed by atoms with E-state index in [0.717, 1.165) is 0 Å². The SMILES string of the molecule is CC(C)C[C@H](NC(=O)[C@H](CCCCN)NC(=O)[C@H](Cc1ccc(O)cc1)NC(=O)[C@@H](NC(=O)[C@H](CC(C)C)NC(=O)[C@@H](N)CCCN=C(N)N)[C@@H](C)O)C(=O)N[C@@H](CCC(N)=O)C(=O)O. The number of unbranched alkanes of at least 4 members (excludes halogenated alkanes) is 1. The number of aliphatic hydroxyl groups is 1. The lowest BCUT2D eigenvalue weighted by molar-refractivity contribution is -0.142. The predicted octanol–water partition coefficient (Wildman–Crippen LogP) is -2.82. The summed E-state index contributed by atoms with van der Waals surface area (Å²) in [6.07, 6.45) is -0.785. The second-order valence-corrected chi connectivity index (χ2v) is 16.8. The normalized spacial score (nSPS) is 14.9. The van der Waals surface area contributed by atoms with Crippen molar-refractivity contribution < 1.29 is 53.7 Å². The van der Waals surface area contributed by atoms with Crippen molar-refractivity contribution in [3.05, 3.63) is 29.8 Å². The van der Waals surface area contributed by atoms with Crippen molar-refractivity contribution in [2.45, 2.75) is 147 Å². The minimum Gasteiger partial charge on any atom is -0.508 e. The van der Waals surface area contributed by atoms with Crippen LogP contribution in [0.1, 0.15) is 98.0 Å². The zero-order valence-corrected chi connectivity index (χ0v) is 38.0. The van der Waals surface area contributed by atoms with Crippen molar-refractivity contribution in [1.82, 2.24) is 31.9 Å². The molecule has 0 heterocycles. The van der Waals surface area contributed by atoms with Crippen molar-refractivity contribution in [1.29, 1.82) is 0 Å². The molecule has 0 fully saturated rings. The number of benzene rings is 1. The standard InChI is InChI=1S/C42H72N12O11/c1-22(2)19-30(37(60)50-29(41(64)65)15-16-33(45)57)52-36(59)28(10-6-7-17-43)49-38(61)32(21-25-11-13-26(56)14-12-25)53-40(63)34(24(5)55)54-39(62)31(20-23(3)4)51-35(58)27(44)9-8-18-48-42(46)47/h11-14,22-24,27-32,34,55-56H,6-10,15-21,43-44H2,1-5H3,(H2,45,57)(H,49,61)(H,50,60)(H,51,58)(H,52,59)(H,53,63)(H,54,62)(H,64,65)(H4,46,47,48)/t24-,27+,28+,29+,30+,31+,32+,34+/m1/s1. The van der Waals surface area contributed by atoms with Gasteiger partial charge in [-0.3, -0.25) is 38.6 Å². The second-order valence-electron chi connectivity index (χ2n) is 16.8. The molecule has 0 saturated carbocycles. The highest BCUT2D eigenvalue weighted by Crippen LogP contribution is 2.14. The average Bonchev–Trinajstić information content (AvgIpc) is 3.21. The molecule has 1 aromatic rings. The fourth-order valence-electron chi connectivity index (χ4n) is 6.46. The van der Waals surface area contributed by atoms with Gasteiger partial charge in [0.15, 0.2) is 5.96 Å². The average molecular weight is 921 g/mol. The van der Waals surface area contributed by atoms with Crippen LogP contribution in [0, 0.1) is 11.8 Å². The first kappa shape index (κ1) is 56.9. The molecule has 0 aliphatic rings. The summed E-state index contributed by atoms with van der Waals surface area (Å²) < 4.78 is 0. The fraction of sp³-hybridized carbons (Fsp3) is 0.643. The maximum atomic E-state index is 14.2. The van der Waals surface area contributed by atoms with E-state index in [1.807, 2.05) is 0 Å². The Kier molecular flexibility index (Phi) is 25.7. The minimum atomic E-state index is -1.66. The van der Waals surface area contributed by atoms with Gasteiger partial charge < -0.3 is 75.9 Å². The highest BCUT2D eigenvalue weighted by molar-refractivity contribution is 5.97. The number of carboxylic acid groups (broad SMARTS) is 1. The number of aromatic hydroxyl groups is 1. The van der Waals surface area contributed by atoms with E-state index in [4.69, 9.17) is 28.7 Å². The number of nitrogens with one attached hydrogen (secondary N) is 6. The smallest absolute Gasteiger partial charge is 0.326 e. The van der Waals surface area contributed by atoms with Crippen LogP contribution in [0.3, 0.4) is 0 Å². The van der Waals surface area contributed by atoms with E-state index in [0.29, 0.717) is 24.8 Å². The highest BCUT2D eigenvalue weighted by atomic mass is 16.4. The number of carbonyl (C=O) groups excluding carboxylic acids is 7. The molecule has 0 unspecified atom stereocenters. The quantitative estimate of drug-likeness (QED) is 0.0203. The number of primary amides is 1. The largest absolute Gasteiger partial charge is 0.508 e. The summed E-state index contributed by atoms with van der Waals surface area (Å²) in [5, 5.41) is 45.6. The Hall–Kier alpha value is -6.07. The zero-order valence-electron chi connectivity index (χ0n) is 38.0. The van der Waals surface area contributed by atoms with Gasteiger partial charge in [0, 0.05) is 19.4 Å². The van der Waals surface area contributed by atoms with Crippen LogP contribution in [0.5, 0.6) is 5.75 Å². The van der Waals surface area contributed by atoms with Gasteiger partial charge >= 0.3 is 5.97 Å². The summed E-state index contributed by atoms with van der Waals surface area (Å²) in [5.41, 5.74) is 28.1. The van der Waals surface area contributed by atoms with Crippen molar-refractivity contribution in [2.24, 2.45) is 45.5 Å². The molecular formula is C42H72N12O11. The number of aliphatic carboxylic acids is 1. The van der Waals surface area contributed by atoms with Crippen LogP contribution in [0.25, 0.3) is 0 Å². The predicted molar refractivity (Wildman–Crippen MR) is 241 cm³/mol. The number of nitrogens with zero attached hydrogens (tertiary/aromatic N) is 1. The van der Waals surface area contributed by atoms with Gasteiger partial charge in [0.05, 0.1) is 12.1 Å². The van der Waals surface area contributed by atoms with Gasteiger partial charge in [0.2, 0.25) is 41.4 Å². The Bertz CT molecular complexity index is 1760. The summed E-state index contributed by atoms with van der Waals surface area (Å²) in [4.78, 5) is 109. The van der Waals surface area contributed by atoms with E-state index < -0.39 is 95.7 Å². The van der Waals surface area contributed by atoms with Crippen molar-refractivity contribution in [2.75, 3.05) is 13.1 Å². The van der Waals surface area contributed by atoms with E-state index in [-0.39, 0.29) is 81.6 Å². The van der Waals surface area contributed by atoms with Crippen molar-refractivity contribution in [3.63, 3.8) is 0 Å². The maximum absolute atomic E-state index is 14.2. The Morgan fingerprint density at radius 3 is 1.62 bits per heavy atom. The molecule has 366 valence electrons. The molecule has 0 saturated heterocycles. The number of aliphatic imine (C=N–C) groups is 1.